The van der Waals surface area contributed by atoms with E-state index in [0.717, 1.165) is 17.7 Å². The summed E-state index contributed by atoms with van der Waals surface area (Å²) in [5, 5.41) is 3.81. The van der Waals surface area contributed by atoms with Crippen molar-refractivity contribution in [2.75, 3.05) is 26.2 Å². The Hall–Kier alpha value is -2.35. The van der Waals surface area contributed by atoms with Crippen LogP contribution in [0.1, 0.15) is 32.9 Å². The molecule has 0 aliphatic carbocycles. The third kappa shape index (κ3) is 3.90. The maximum Gasteiger partial charge on any atom is 0.416 e. The Morgan fingerprint density at radius 2 is 1.73 bits per heavy atom. The molecule has 0 spiro atoms. The van der Waals surface area contributed by atoms with E-state index in [1.54, 1.807) is 18.7 Å². The molecule has 1 fully saturated rings. The van der Waals surface area contributed by atoms with Gasteiger partial charge in [0.1, 0.15) is 11.3 Å². The number of aryl methyl sites for hydroxylation is 2. The SMILES string of the molecule is Cc1noc(C)c1C(=O)N1CCN(Cc2ccc(C(F)(F)F)cc2)CC1. The summed E-state index contributed by atoms with van der Waals surface area (Å²) < 4.78 is 42.9. The lowest BCUT2D eigenvalue weighted by molar-refractivity contribution is -0.137. The van der Waals surface area contributed by atoms with Gasteiger partial charge < -0.3 is 9.42 Å². The third-order valence-corrected chi connectivity index (χ3v) is 4.59. The van der Waals surface area contributed by atoms with Gasteiger partial charge in [-0.2, -0.15) is 13.2 Å². The molecule has 1 aliphatic rings. The lowest BCUT2D eigenvalue weighted by Gasteiger charge is -2.34. The van der Waals surface area contributed by atoms with Gasteiger partial charge in [-0.25, -0.2) is 0 Å². The van der Waals surface area contributed by atoms with Crippen LogP contribution in [0.3, 0.4) is 0 Å². The van der Waals surface area contributed by atoms with E-state index < -0.39 is 11.7 Å². The average molecular weight is 367 g/mol. The van der Waals surface area contributed by atoms with Gasteiger partial charge in [0.2, 0.25) is 0 Å². The molecule has 0 saturated carbocycles. The van der Waals surface area contributed by atoms with Crippen molar-refractivity contribution in [1.29, 1.82) is 0 Å². The molecule has 0 bridgehead atoms. The molecule has 1 amide bonds. The highest BCUT2D eigenvalue weighted by Gasteiger charge is 2.30. The molecule has 1 aliphatic heterocycles. The zero-order valence-corrected chi connectivity index (χ0v) is 14.6. The van der Waals surface area contributed by atoms with Crippen molar-refractivity contribution in [3.05, 3.63) is 52.4 Å². The minimum absolute atomic E-state index is 0.0876. The number of aromatic nitrogens is 1. The number of hydrogen-bond donors (Lipinski definition) is 0. The molecule has 8 heteroatoms. The first-order chi connectivity index (χ1) is 12.3. The number of halogens is 3. The van der Waals surface area contributed by atoms with Crippen molar-refractivity contribution in [1.82, 2.24) is 15.0 Å². The second-order valence-electron chi connectivity index (χ2n) is 6.46. The fraction of sp³-hybridized carbons (Fsp3) is 0.444. The van der Waals surface area contributed by atoms with Gasteiger partial charge in [-0.05, 0) is 31.5 Å². The zero-order chi connectivity index (χ0) is 18.9. The maximum atomic E-state index is 12.6. The fourth-order valence-electron chi connectivity index (χ4n) is 3.11. The molecule has 1 saturated heterocycles. The summed E-state index contributed by atoms with van der Waals surface area (Å²) in [6, 6.07) is 5.22. The van der Waals surface area contributed by atoms with Gasteiger partial charge in [0, 0.05) is 32.7 Å². The second kappa shape index (κ2) is 7.11. The summed E-state index contributed by atoms with van der Waals surface area (Å²) in [6.45, 7) is 6.46. The van der Waals surface area contributed by atoms with E-state index in [1.807, 2.05) is 0 Å². The number of amides is 1. The second-order valence-corrected chi connectivity index (χ2v) is 6.46. The van der Waals surface area contributed by atoms with Crippen LogP contribution in [-0.2, 0) is 12.7 Å². The number of hydrogen-bond acceptors (Lipinski definition) is 4. The first-order valence-corrected chi connectivity index (χ1v) is 8.36. The molecule has 140 valence electrons. The largest absolute Gasteiger partial charge is 0.416 e. The molecule has 2 heterocycles. The molecule has 1 aromatic heterocycles. The summed E-state index contributed by atoms with van der Waals surface area (Å²) in [4.78, 5) is 16.5. The van der Waals surface area contributed by atoms with Crippen LogP contribution in [0.25, 0.3) is 0 Å². The highest BCUT2D eigenvalue weighted by Crippen LogP contribution is 2.29. The number of piperazine rings is 1. The number of benzene rings is 1. The molecule has 26 heavy (non-hydrogen) atoms. The van der Waals surface area contributed by atoms with Crippen LogP contribution in [-0.4, -0.2) is 47.0 Å². The highest BCUT2D eigenvalue weighted by atomic mass is 19.4. The van der Waals surface area contributed by atoms with Crippen molar-refractivity contribution in [2.45, 2.75) is 26.6 Å². The predicted molar refractivity (Wildman–Crippen MR) is 88.6 cm³/mol. The Morgan fingerprint density at radius 1 is 1.12 bits per heavy atom. The van der Waals surface area contributed by atoms with Gasteiger partial charge in [-0.1, -0.05) is 17.3 Å². The topological polar surface area (TPSA) is 49.6 Å². The van der Waals surface area contributed by atoms with Crippen molar-refractivity contribution >= 4 is 5.91 Å². The standard InChI is InChI=1S/C18H20F3N3O2/c1-12-16(13(2)26-22-12)17(25)24-9-7-23(8-10-24)11-14-3-5-15(6-4-14)18(19,20)21/h3-6H,7-11H2,1-2H3. The molecule has 0 atom stereocenters. The Balaban J connectivity index is 1.56. The summed E-state index contributed by atoms with van der Waals surface area (Å²) in [5.74, 6) is 0.426. The minimum atomic E-state index is -4.32. The van der Waals surface area contributed by atoms with E-state index in [-0.39, 0.29) is 5.91 Å². The quantitative estimate of drug-likeness (QED) is 0.836. The van der Waals surface area contributed by atoms with E-state index in [2.05, 4.69) is 10.1 Å². The summed E-state index contributed by atoms with van der Waals surface area (Å²) in [5.41, 5.74) is 1.28. The Labute approximate surface area is 149 Å². The Kier molecular flexibility index (Phi) is 5.04. The van der Waals surface area contributed by atoms with Crippen molar-refractivity contribution < 1.29 is 22.5 Å². The minimum Gasteiger partial charge on any atom is -0.361 e. The van der Waals surface area contributed by atoms with Crippen molar-refractivity contribution in [2.24, 2.45) is 0 Å². The van der Waals surface area contributed by atoms with Gasteiger partial charge in [-0.3, -0.25) is 9.69 Å². The van der Waals surface area contributed by atoms with Gasteiger partial charge in [-0.15, -0.1) is 0 Å². The van der Waals surface area contributed by atoms with Crippen LogP contribution in [0.15, 0.2) is 28.8 Å². The van der Waals surface area contributed by atoms with Gasteiger partial charge in [0.05, 0.1) is 11.3 Å². The summed E-state index contributed by atoms with van der Waals surface area (Å²) in [6.07, 6.45) is -4.32. The Morgan fingerprint density at radius 3 is 2.23 bits per heavy atom. The van der Waals surface area contributed by atoms with E-state index >= 15 is 0 Å². The third-order valence-electron chi connectivity index (χ3n) is 4.59. The van der Waals surface area contributed by atoms with E-state index in [4.69, 9.17) is 4.52 Å². The van der Waals surface area contributed by atoms with Gasteiger partial charge in [0.15, 0.2) is 0 Å². The molecule has 2 aromatic rings. The van der Waals surface area contributed by atoms with Crippen LogP contribution < -0.4 is 0 Å². The summed E-state index contributed by atoms with van der Waals surface area (Å²) in [7, 11) is 0. The number of carbonyl (C=O) groups is 1. The van der Waals surface area contributed by atoms with E-state index in [9.17, 15) is 18.0 Å². The molecule has 5 nitrogen and oxygen atoms in total. The molecule has 0 radical (unpaired) electrons. The van der Waals surface area contributed by atoms with Crippen molar-refractivity contribution in [3.8, 4) is 0 Å². The lowest BCUT2D eigenvalue weighted by Crippen LogP contribution is -2.48. The van der Waals surface area contributed by atoms with E-state index in [0.29, 0.717) is 49.7 Å². The van der Waals surface area contributed by atoms with Gasteiger partial charge in [0.25, 0.3) is 5.91 Å². The normalized spacial score (nSPS) is 16.1. The van der Waals surface area contributed by atoms with Crippen LogP contribution >= 0.6 is 0 Å². The van der Waals surface area contributed by atoms with Crippen LogP contribution in [0.4, 0.5) is 13.2 Å². The predicted octanol–water partition coefficient (Wildman–Crippen LogP) is 3.27. The monoisotopic (exact) mass is 367 g/mol. The zero-order valence-electron chi connectivity index (χ0n) is 14.6. The number of rotatable bonds is 3. The molecular formula is C18H20F3N3O2. The van der Waals surface area contributed by atoms with Crippen LogP contribution in [0, 0.1) is 13.8 Å². The maximum absolute atomic E-state index is 12.6. The molecule has 1 aromatic carbocycles. The average Bonchev–Trinajstić information content (AvgIpc) is 2.93. The number of carbonyl (C=O) groups excluding carboxylic acids is 1. The van der Waals surface area contributed by atoms with Crippen molar-refractivity contribution in [3.63, 3.8) is 0 Å². The number of nitrogens with zero attached hydrogens (tertiary/aromatic N) is 3. The highest BCUT2D eigenvalue weighted by molar-refractivity contribution is 5.96. The first kappa shape index (κ1) is 18.4. The molecule has 3 rings (SSSR count). The molecule has 0 unspecified atom stereocenters. The fourth-order valence-corrected chi connectivity index (χ4v) is 3.11. The Bertz CT molecular complexity index is 756. The smallest absolute Gasteiger partial charge is 0.361 e. The number of alkyl halides is 3. The van der Waals surface area contributed by atoms with Gasteiger partial charge >= 0.3 is 6.18 Å². The molecule has 0 N–H and O–H groups in total. The lowest BCUT2D eigenvalue weighted by atomic mass is 10.1. The molecular weight excluding hydrogens is 347 g/mol. The van der Waals surface area contributed by atoms with E-state index in [1.165, 1.54) is 12.1 Å². The first-order valence-electron chi connectivity index (χ1n) is 8.36. The summed E-state index contributed by atoms with van der Waals surface area (Å²) >= 11 is 0. The van der Waals surface area contributed by atoms with Crippen LogP contribution in [0.2, 0.25) is 0 Å². The van der Waals surface area contributed by atoms with Crippen LogP contribution in [0.5, 0.6) is 0 Å².